The van der Waals surface area contributed by atoms with Gasteiger partial charge in [0.15, 0.2) is 0 Å². The smallest absolute Gasteiger partial charge is 0.120 e. The maximum absolute atomic E-state index is 6.05. The fourth-order valence-corrected chi connectivity index (χ4v) is 2.84. The summed E-state index contributed by atoms with van der Waals surface area (Å²) in [6, 6.07) is 6.06. The molecule has 17 heavy (non-hydrogen) atoms. The van der Waals surface area contributed by atoms with Crippen LogP contribution in [0.3, 0.4) is 0 Å². The van der Waals surface area contributed by atoms with Crippen molar-refractivity contribution in [3.63, 3.8) is 0 Å². The van der Waals surface area contributed by atoms with Gasteiger partial charge in [0, 0.05) is 22.0 Å². The van der Waals surface area contributed by atoms with Gasteiger partial charge in [0.1, 0.15) is 5.75 Å². The Hall–Kier alpha value is -0.770. The Bertz CT molecular complexity index is 495. The van der Waals surface area contributed by atoms with Crippen molar-refractivity contribution in [2.45, 2.75) is 6.42 Å². The first-order valence-corrected chi connectivity index (χ1v) is 6.87. The summed E-state index contributed by atoms with van der Waals surface area (Å²) >= 11 is 7.70. The van der Waals surface area contributed by atoms with Gasteiger partial charge in [-0.3, -0.25) is 0 Å². The summed E-state index contributed by atoms with van der Waals surface area (Å²) < 4.78 is 6.89. The van der Waals surface area contributed by atoms with Crippen molar-refractivity contribution in [1.29, 1.82) is 0 Å². The number of nitrogens with zero attached hydrogens (tertiary/aromatic N) is 1. The third kappa shape index (κ3) is 3.35. The second-order valence-electron chi connectivity index (χ2n) is 4.25. The molecule has 0 aliphatic rings. The van der Waals surface area contributed by atoms with Crippen molar-refractivity contribution in [2.24, 2.45) is 0 Å². The molecule has 0 atom stereocenters. The Morgan fingerprint density at radius 1 is 1.35 bits per heavy atom. The van der Waals surface area contributed by atoms with Gasteiger partial charge in [-0.2, -0.15) is 0 Å². The first-order valence-electron chi connectivity index (χ1n) is 5.61. The standard InChI is InChI=1S/C13H16ClNOS/c1-15(2)6-3-7-16-10-4-5-11-12(14)9-17-13(11)8-10/h4-5,8-9H,3,6-7H2,1-2H3. The second kappa shape index (κ2) is 5.71. The third-order valence-corrected chi connectivity index (χ3v) is 3.91. The number of halogens is 1. The van der Waals surface area contributed by atoms with E-state index in [1.807, 2.05) is 17.5 Å². The fourth-order valence-electron chi connectivity index (χ4n) is 1.64. The van der Waals surface area contributed by atoms with Gasteiger partial charge in [-0.1, -0.05) is 11.6 Å². The average Bonchev–Trinajstić information content (AvgIpc) is 2.66. The van der Waals surface area contributed by atoms with E-state index in [9.17, 15) is 0 Å². The van der Waals surface area contributed by atoms with Gasteiger partial charge >= 0.3 is 0 Å². The minimum atomic E-state index is 0.753. The van der Waals surface area contributed by atoms with E-state index in [-0.39, 0.29) is 0 Å². The Morgan fingerprint density at radius 2 is 2.18 bits per heavy atom. The van der Waals surface area contributed by atoms with Crippen LogP contribution >= 0.6 is 22.9 Å². The number of fused-ring (bicyclic) bond motifs is 1. The van der Waals surface area contributed by atoms with Crippen molar-refractivity contribution >= 4 is 33.0 Å². The monoisotopic (exact) mass is 269 g/mol. The predicted molar refractivity (Wildman–Crippen MR) is 75.5 cm³/mol. The number of rotatable bonds is 5. The lowest BCUT2D eigenvalue weighted by molar-refractivity contribution is 0.282. The molecule has 0 spiro atoms. The molecule has 4 heteroatoms. The number of thiophene rings is 1. The molecule has 0 aliphatic carbocycles. The van der Waals surface area contributed by atoms with Gasteiger partial charge < -0.3 is 9.64 Å². The quantitative estimate of drug-likeness (QED) is 0.764. The van der Waals surface area contributed by atoms with E-state index in [1.54, 1.807) is 11.3 Å². The van der Waals surface area contributed by atoms with Crippen LogP contribution in [0.25, 0.3) is 10.1 Å². The molecular weight excluding hydrogens is 254 g/mol. The normalized spacial score (nSPS) is 11.3. The van der Waals surface area contributed by atoms with E-state index >= 15 is 0 Å². The van der Waals surface area contributed by atoms with Crippen molar-refractivity contribution in [2.75, 3.05) is 27.2 Å². The number of ether oxygens (including phenoxy) is 1. The lowest BCUT2D eigenvalue weighted by Crippen LogP contribution is -2.15. The van der Waals surface area contributed by atoms with Crippen LogP contribution in [0.5, 0.6) is 5.75 Å². The summed E-state index contributed by atoms with van der Waals surface area (Å²) in [5.41, 5.74) is 0. The summed E-state index contributed by atoms with van der Waals surface area (Å²) in [5, 5.41) is 3.89. The Morgan fingerprint density at radius 3 is 2.94 bits per heavy atom. The first kappa shape index (κ1) is 12.7. The van der Waals surface area contributed by atoms with E-state index in [0.29, 0.717) is 0 Å². The Kier molecular flexibility index (Phi) is 4.26. The van der Waals surface area contributed by atoms with Crippen molar-refractivity contribution < 1.29 is 4.74 Å². The number of hydrogen-bond donors (Lipinski definition) is 0. The van der Waals surface area contributed by atoms with Crippen molar-refractivity contribution in [3.05, 3.63) is 28.6 Å². The molecule has 2 nitrogen and oxygen atoms in total. The lowest BCUT2D eigenvalue weighted by atomic mass is 10.2. The molecule has 1 aromatic heterocycles. The molecule has 0 fully saturated rings. The molecule has 0 radical (unpaired) electrons. The molecule has 0 bridgehead atoms. The molecule has 0 aliphatic heterocycles. The second-order valence-corrected chi connectivity index (χ2v) is 5.57. The molecule has 0 N–H and O–H groups in total. The van der Waals surface area contributed by atoms with Gasteiger partial charge in [-0.15, -0.1) is 11.3 Å². The van der Waals surface area contributed by atoms with E-state index in [0.717, 1.165) is 35.7 Å². The first-order chi connectivity index (χ1) is 8.16. The molecule has 1 aromatic carbocycles. The van der Waals surface area contributed by atoms with Gasteiger partial charge in [-0.25, -0.2) is 0 Å². The van der Waals surface area contributed by atoms with Gasteiger partial charge in [0.05, 0.1) is 11.6 Å². The van der Waals surface area contributed by atoms with E-state index in [4.69, 9.17) is 16.3 Å². The van der Waals surface area contributed by atoms with Gasteiger partial charge in [0.25, 0.3) is 0 Å². The number of hydrogen-bond acceptors (Lipinski definition) is 3. The largest absolute Gasteiger partial charge is 0.493 e. The zero-order valence-electron chi connectivity index (χ0n) is 10.1. The highest BCUT2D eigenvalue weighted by Crippen LogP contribution is 2.32. The number of benzene rings is 1. The molecular formula is C13H16ClNOS. The van der Waals surface area contributed by atoms with Crippen molar-refractivity contribution in [3.8, 4) is 5.75 Å². The van der Waals surface area contributed by atoms with Crippen molar-refractivity contribution in [1.82, 2.24) is 4.90 Å². The summed E-state index contributed by atoms with van der Waals surface area (Å²) in [7, 11) is 4.14. The van der Waals surface area contributed by atoms with Gasteiger partial charge in [0.2, 0.25) is 0 Å². The summed E-state index contributed by atoms with van der Waals surface area (Å²) in [6.45, 7) is 1.80. The highest BCUT2D eigenvalue weighted by atomic mass is 35.5. The Balaban J connectivity index is 1.95. The minimum Gasteiger partial charge on any atom is -0.493 e. The van der Waals surface area contributed by atoms with Gasteiger partial charge in [-0.05, 0) is 38.7 Å². The van der Waals surface area contributed by atoms with Crippen LogP contribution in [0.1, 0.15) is 6.42 Å². The zero-order valence-corrected chi connectivity index (χ0v) is 11.6. The van der Waals surface area contributed by atoms with Crippen LogP contribution in [0.2, 0.25) is 5.02 Å². The molecule has 2 rings (SSSR count). The SMILES string of the molecule is CN(C)CCCOc1ccc2c(Cl)csc2c1. The van der Waals surface area contributed by atoms with E-state index in [1.165, 1.54) is 4.70 Å². The molecule has 92 valence electrons. The molecule has 2 aromatic rings. The van der Waals surface area contributed by atoms with E-state index < -0.39 is 0 Å². The topological polar surface area (TPSA) is 12.5 Å². The van der Waals surface area contributed by atoms with Crippen LogP contribution < -0.4 is 4.74 Å². The van der Waals surface area contributed by atoms with Crippen LogP contribution in [-0.4, -0.2) is 32.1 Å². The van der Waals surface area contributed by atoms with Crippen LogP contribution in [0, 0.1) is 0 Å². The molecule has 0 saturated heterocycles. The van der Waals surface area contributed by atoms with Crippen LogP contribution in [0.4, 0.5) is 0 Å². The highest BCUT2D eigenvalue weighted by molar-refractivity contribution is 7.17. The van der Waals surface area contributed by atoms with Crippen LogP contribution in [0.15, 0.2) is 23.6 Å². The molecule has 1 heterocycles. The average molecular weight is 270 g/mol. The summed E-state index contributed by atoms with van der Waals surface area (Å²) in [6.07, 6.45) is 1.04. The maximum Gasteiger partial charge on any atom is 0.120 e. The van der Waals surface area contributed by atoms with E-state index in [2.05, 4.69) is 25.1 Å². The summed E-state index contributed by atoms with van der Waals surface area (Å²) in [5.74, 6) is 0.926. The lowest BCUT2D eigenvalue weighted by Gasteiger charge is -2.10. The minimum absolute atomic E-state index is 0.753. The van der Waals surface area contributed by atoms with Crippen LogP contribution in [-0.2, 0) is 0 Å². The molecule has 0 unspecified atom stereocenters. The Labute approximate surface area is 111 Å². The highest BCUT2D eigenvalue weighted by Gasteiger charge is 2.03. The maximum atomic E-state index is 6.05. The third-order valence-electron chi connectivity index (χ3n) is 2.52. The predicted octanol–water partition coefficient (Wildman–Crippen LogP) is 3.89. The molecule has 0 amide bonds. The zero-order chi connectivity index (χ0) is 12.3. The fraction of sp³-hybridized carbons (Fsp3) is 0.385. The summed E-state index contributed by atoms with van der Waals surface area (Å²) in [4.78, 5) is 2.16. The molecule has 0 saturated carbocycles.